The molecule has 0 spiro atoms. The molecule has 2 aromatic heterocycles. The van der Waals surface area contributed by atoms with Crippen molar-refractivity contribution in [3.63, 3.8) is 0 Å². The van der Waals surface area contributed by atoms with E-state index in [0.29, 0.717) is 28.9 Å². The van der Waals surface area contributed by atoms with Crippen molar-refractivity contribution in [1.29, 1.82) is 0 Å². The Morgan fingerprint density at radius 1 is 1.44 bits per heavy atom. The highest BCUT2D eigenvalue weighted by Crippen LogP contribution is 2.40. The predicted molar refractivity (Wildman–Crippen MR) is 93.6 cm³/mol. The number of carboxylic acid groups (broad SMARTS) is 1. The number of aliphatic carboxylic acids is 1. The van der Waals surface area contributed by atoms with Gasteiger partial charge in [0.05, 0.1) is 16.6 Å². The lowest BCUT2D eigenvalue weighted by Gasteiger charge is -2.15. The Kier molecular flexibility index (Phi) is 4.74. The third-order valence-electron chi connectivity index (χ3n) is 4.68. The molecule has 1 fully saturated rings. The Morgan fingerprint density at radius 2 is 2.16 bits per heavy atom. The molecule has 1 amide bonds. The van der Waals surface area contributed by atoms with Crippen LogP contribution in [0.2, 0.25) is 0 Å². The van der Waals surface area contributed by atoms with Gasteiger partial charge in [0, 0.05) is 18.7 Å². The summed E-state index contributed by atoms with van der Waals surface area (Å²) in [7, 11) is 1.81. The topological polar surface area (TPSA) is 97.1 Å². The van der Waals surface area contributed by atoms with E-state index in [2.05, 4.69) is 15.4 Å². The number of rotatable bonds is 7. The molecule has 0 bridgehead atoms. The molecule has 1 aliphatic rings. The summed E-state index contributed by atoms with van der Waals surface area (Å²) in [5.74, 6) is -0.979. The number of pyridine rings is 1. The van der Waals surface area contributed by atoms with Gasteiger partial charge in [-0.3, -0.25) is 9.48 Å². The first-order valence-electron chi connectivity index (χ1n) is 8.80. The van der Waals surface area contributed by atoms with E-state index < -0.39 is 12.0 Å². The number of nitrogens with zero attached hydrogens (tertiary/aromatic N) is 3. The zero-order valence-electron chi connectivity index (χ0n) is 14.9. The molecule has 7 heteroatoms. The van der Waals surface area contributed by atoms with E-state index in [9.17, 15) is 14.7 Å². The van der Waals surface area contributed by atoms with E-state index in [0.717, 1.165) is 37.1 Å². The third kappa shape index (κ3) is 3.50. The predicted octanol–water partition coefficient (Wildman–Crippen LogP) is 2.53. The second-order valence-electron chi connectivity index (χ2n) is 6.78. The molecule has 1 saturated carbocycles. The van der Waals surface area contributed by atoms with Crippen molar-refractivity contribution in [2.24, 2.45) is 7.05 Å². The minimum absolute atomic E-state index is 0.367. The Labute approximate surface area is 146 Å². The number of hydrogen-bond donors (Lipinski definition) is 2. The fourth-order valence-corrected chi connectivity index (χ4v) is 3.13. The molecule has 7 nitrogen and oxygen atoms in total. The van der Waals surface area contributed by atoms with Crippen LogP contribution >= 0.6 is 0 Å². The Balaban J connectivity index is 1.98. The third-order valence-corrected chi connectivity index (χ3v) is 4.68. The standard InChI is InChI=1S/C18H24N4O3/c1-4-5-6-13(18(24)25)20-17(23)12-9-14(11-7-8-11)19-16-15(12)10(2)21-22(16)3/h9,11,13H,4-8H2,1-3H3,(H,20,23)(H,24,25). The summed E-state index contributed by atoms with van der Waals surface area (Å²) in [6.07, 6.45) is 4.21. The van der Waals surface area contributed by atoms with Crippen LogP contribution in [-0.4, -0.2) is 37.8 Å². The first-order chi connectivity index (χ1) is 11.9. The maximum Gasteiger partial charge on any atom is 0.326 e. The quantitative estimate of drug-likeness (QED) is 0.804. The molecule has 134 valence electrons. The number of carbonyl (C=O) groups is 2. The molecule has 2 aromatic rings. The Hall–Kier alpha value is -2.44. The summed E-state index contributed by atoms with van der Waals surface area (Å²) in [6, 6.07) is 0.931. The van der Waals surface area contributed by atoms with Crippen molar-refractivity contribution in [2.75, 3.05) is 0 Å². The average Bonchev–Trinajstić information content (AvgIpc) is 3.37. The van der Waals surface area contributed by atoms with Crippen LogP contribution in [0.1, 0.15) is 66.7 Å². The number of nitrogens with one attached hydrogen (secondary N) is 1. The lowest BCUT2D eigenvalue weighted by molar-refractivity contribution is -0.139. The van der Waals surface area contributed by atoms with Gasteiger partial charge in [0.25, 0.3) is 5.91 Å². The number of fused-ring (bicyclic) bond motifs is 1. The van der Waals surface area contributed by atoms with Crippen LogP contribution in [0.4, 0.5) is 0 Å². The second kappa shape index (κ2) is 6.82. The molecule has 2 N–H and O–H groups in total. The molecule has 1 atom stereocenters. The Bertz CT molecular complexity index is 823. The van der Waals surface area contributed by atoms with Crippen LogP contribution in [0.3, 0.4) is 0 Å². The molecule has 0 aromatic carbocycles. The maximum absolute atomic E-state index is 12.9. The molecule has 1 aliphatic carbocycles. The van der Waals surface area contributed by atoms with E-state index in [-0.39, 0.29) is 5.91 Å². The minimum atomic E-state index is -1.00. The zero-order valence-corrected chi connectivity index (χ0v) is 14.9. The molecule has 25 heavy (non-hydrogen) atoms. The van der Waals surface area contributed by atoms with Crippen molar-refractivity contribution in [2.45, 2.75) is 57.9 Å². The van der Waals surface area contributed by atoms with E-state index in [1.54, 1.807) is 4.68 Å². The lowest BCUT2D eigenvalue weighted by Crippen LogP contribution is -2.40. The van der Waals surface area contributed by atoms with Gasteiger partial charge >= 0.3 is 5.97 Å². The largest absolute Gasteiger partial charge is 0.480 e. The van der Waals surface area contributed by atoms with E-state index >= 15 is 0 Å². The van der Waals surface area contributed by atoms with Gasteiger partial charge in [-0.05, 0) is 32.3 Å². The van der Waals surface area contributed by atoms with Gasteiger partial charge in [0.1, 0.15) is 6.04 Å². The maximum atomic E-state index is 12.9. The molecule has 2 heterocycles. The van der Waals surface area contributed by atoms with Crippen molar-refractivity contribution < 1.29 is 14.7 Å². The highest BCUT2D eigenvalue weighted by atomic mass is 16.4. The van der Waals surface area contributed by atoms with Gasteiger partial charge in [0.2, 0.25) is 0 Å². The fraction of sp³-hybridized carbons (Fsp3) is 0.556. The van der Waals surface area contributed by atoms with Gasteiger partial charge in [0.15, 0.2) is 5.65 Å². The number of amides is 1. The zero-order chi connectivity index (χ0) is 18.1. The number of carbonyl (C=O) groups excluding carboxylic acids is 1. The molecule has 0 aliphatic heterocycles. The van der Waals surface area contributed by atoms with Crippen LogP contribution < -0.4 is 5.32 Å². The summed E-state index contributed by atoms with van der Waals surface area (Å²) in [4.78, 5) is 29.0. The van der Waals surface area contributed by atoms with Gasteiger partial charge in [-0.15, -0.1) is 0 Å². The van der Waals surface area contributed by atoms with Gasteiger partial charge in [-0.1, -0.05) is 19.8 Å². The average molecular weight is 344 g/mol. The van der Waals surface area contributed by atoms with Crippen LogP contribution in [0.25, 0.3) is 11.0 Å². The highest BCUT2D eigenvalue weighted by molar-refractivity contribution is 6.07. The van der Waals surface area contributed by atoms with Gasteiger partial charge in [-0.2, -0.15) is 5.10 Å². The van der Waals surface area contributed by atoms with Crippen LogP contribution in [0.15, 0.2) is 6.07 Å². The molecule has 1 unspecified atom stereocenters. The molecule has 3 rings (SSSR count). The normalized spacial score (nSPS) is 15.3. The number of carboxylic acids is 1. The number of hydrogen-bond acceptors (Lipinski definition) is 4. The van der Waals surface area contributed by atoms with Gasteiger partial charge < -0.3 is 10.4 Å². The SMILES string of the molecule is CCCCC(NC(=O)c1cc(C2CC2)nc2c1c(C)nn2C)C(=O)O. The molecular weight excluding hydrogens is 320 g/mol. The summed E-state index contributed by atoms with van der Waals surface area (Å²) >= 11 is 0. The smallest absolute Gasteiger partial charge is 0.326 e. The van der Waals surface area contributed by atoms with E-state index in [1.165, 1.54) is 0 Å². The van der Waals surface area contributed by atoms with E-state index in [4.69, 9.17) is 0 Å². The van der Waals surface area contributed by atoms with Gasteiger partial charge in [-0.25, -0.2) is 9.78 Å². The van der Waals surface area contributed by atoms with Crippen molar-refractivity contribution >= 4 is 22.9 Å². The van der Waals surface area contributed by atoms with Crippen LogP contribution in [-0.2, 0) is 11.8 Å². The molecule has 0 saturated heterocycles. The van der Waals surface area contributed by atoms with Crippen molar-refractivity contribution in [3.8, 4) is 0 Å². The molecule has 0 radical (unpaired) electrons. The van der Waals surface area contributed by atoms with Crippen molar-refractivity contribution in [1.82, 2.24) is 20.1 Å². The van der Waals surface area contributed by atoms with Crippen LogP contribution in [0.5, 0.6) is 0 Å². The minimum Gasteiger partial charge on any atom is -0.480 e. The second-order valence-corrected chi connectivity index (χ2v) is 6.78. The van der Waals surface area contributed by atoms with Crippen LogP contribution in [0, 0.1) is 6.92 Å². The Morgan fingerprint density at radius 3 is 2.76 bits per heavy atom. The summed E-state index contributed by atoms with van der Waals surface area (Å²) in [5.41, 5.74) is 2.76. The number of aromatic nitrogens is 3. The summed E-state index contributed by atoms with van der Waals surface area (Å²) in [6.45, 7) is 3.83. The fourth-order valence-electron chi connectivity index (χ4n) is 3.13. The van der Waals surface area contributed by atoms with E-state index in [1.807, 2.05) is 27.0 Å². The monoisotopic (exact) mass is 344 g/mol. The first kappa shape index (κ1) is 17.4. The first-order valence-corrected chi connectivity index (χ1v) is 8.80. The lowest BCUT2D eigenvalue weighted by atomic mass is 10.1. The highest BCUT2D eigenvalue weighted by Gasteiger charge is 2.29. The summed E-state index contributed by atoms with van der Waals surface area (Å²) < 4.78 is 1.68. The number of aryl methyl sites for hydroxylation is 2. The number of unbranched alkanes of at least 4 members (excludes halogenated alkanes) is 1. The summed E-state index contributed by atoms with van der Waals surface area (Å²) in [5, 5.41) is 17.1. The van der Waals surface area contributed by atoms with Crippen molar-refractivity contribution in [3.05, 3.63) is 23.0 Å². The molecular formula is C18H24N4O3.